The third-order valence-corrected chi connectivity index (χ3v) is 4.58. The molecule has 5 nitrogen and oxygen atoms in total. The van der Waals surface area contributed by atoms with Crippen molar-refractivity contribution < 1.29 is 9.53 Å². The molecule has 1 atom stereocenters. The molecule has 1 aromatic carbocycles. The molecule has 0 spiro atoms. The van der Waals surface area contributed by atoms with E-state index < -0.39 is 0 Å². The highest BCUT2D eigenvalue weighted by Gasteiger charge is 2.13. The molecule has 2 rings (SSSR count). The number of hydrogen-bond donors (Lipinski definition) is 2. The van der Waals surface area contributed by atoms with Crippen molar-refractivity contribution in [3.8, 4) is 10.6 Å². The molecule has 2 aromatic rings. The molecule has 1 heterocycles. The summed E-state index contributed by atoms with van der Waals surface area (Å²) in [6.07, 6.45) is 0.0403. The second kappa shape index (κ2) is 9.62. The smallest absolute Gasteiger partial charge is 0.222 e. The Bertz CT molecular complexity index is 615. The Morgan fingerprint density at radius 2 is 2.09 bits per heavy atom. The van der Waals surface area contributed by atoms with Crippen molar-refractivity contribution in [1.82, 2.24) is 10.3 Å². The maximum atomic E-state index is 11.9. The van der Waals surface area contributed by atoms with E-state index in [9.17, 15) is 4.79 Å². The summed E-state index contributed by atoms with van der Waals surface area (Å²) in [5, 5.41) is 3.87. The van der Waals surface area contributed by atoms with Gasteiger partial charge < -0.3 is 15.8 Å². The number of nitrogens with two attached hydrogens (primary N) is 1. The number of aromatic nitrogens is 1. The van der Waals surface area contributed by atoms with Crippen LogP contribution in [0.4, 0.5) is 0 Å². The van der Waals surface area contributed by atoms with Gasteiger partial charge in [0.15, 0.2) is 0 Å². The Morgan fingerprint density at radius 3 is 2.70 bits per heavy atom. The van der Waals surface area contributed by atoms with Gasteiger partial charge in [-0.1, -0.05) is 30.3 Å². The molecule has 1 aromatic heterocycles. The zero-order chi connectivity index (χ0) is 15.9. The van der Waals surface area contributed by atoms with E-state index in [4.69, 9.17) is 10.5 Å². The Labute approximate surface area is 146 Å². The number of rotatable bonds is 7. The minimum atomic E-state index is -0.234. The summed E-state index contributed by atoms with van der Waals surface area (Å²) in [4.78, 5) is 17.5. The fraction of sp³-hybridized carbons (Fsp3) is 0.375. The molecule has 0 aliphatic rings. The largest absolute Gasteiger partial charge is 0.380 e. The summed E-state index contributed by atoms with van der Waals surface area (Å²) in [5.74, 6) is -0.0636. The third kappa shape index (κ3) is 5.58. The summed E-state index contributed by atoms with van der Waals surface area (Å²) in [5.41, 5.74) is 7.56. The fourth-order valence-electron chi connectivity index (χ4n) is 2.02. The lowest BCUT2D eigenvalue weighted by atomic mass is 10.2. The quantitative estimate of drug-likeness (QED) is 0.800. The summed E-state index contributed by atoms with van der Waals surface area (Å²) >= 11 is 1.60. The first kappa shape index (κ1) is 19.6. The van der Waals surface area contributed by atoms with Crippen LogP contribution < -0.4 is 11.1 Å². The standard InChI is InChI=1S/C16H21N3O2S.ClH/c1-11-14(10-18-15(20)8-13(9-17)21-2)22-16(19-11)12-6-4-3-5-7-12;/h3-7,13H,8-10,17H2,1-2H3,(H,18,20);1H. The van der Waals surface area contributed by atoms with Crippen LogP contribution in [-0.2, 0) is 16.1 Å². The Balaban J connectivity index is 0.00000264. The highest BCUT2D eigenvalue weighted by Crippen LogP contribution is 2.27. The van der Waals surface area contributed by atoms with E-state index in [1.807, 2.05) is 37.3 Å². The Morgan fingerprint density at radius 1 is 1.39 bits per heavy atom. The molecule has 23 heavy (non-hydrogen) atoms. The van der Waals surface area contributed by atoms with Gasteiger partial charge in [-0.05, 0) is 6.92 Å². The highest BCUT2D eigenvalue weighted by atomic mass is 35.5. The first-order valence-corrected chi connectivity index (χ1v) is 7.97. The van der Waals surface area contributed by atoms with Crippen LogP contribution in [0.15, 0.2) is 30.3 Å². The molecule has 1 amide bonds. The Hall–Kier alpha value is -1.47. The van der Waals surface area contributed by atoms with Crippen molar-refractivity contribution in [3.05, 3.63) is 40.9 Å². The van der Waals surface area contributed by atoms with Crippen LogP contribution in [0, 0.1) is 6.92 Å². The van der Waals surface area contributed by atoms with E-state index >= 15 is 0 Å². The van der Waals surface area contributed by atoms with Crippen molar-refractivity contribution in [1.29, 1.82) is 0 Å². The molecule has 126 valence electrons. The van der Waals surface area contributed by atoms with E-state index in [2.05, 4.69) is 10.3 Å². The summed E-state index contributed by atoms with van der Waals surface area (Å²) in [7, 11) is 1.56. The van der Waals surface area contributed by atoms with Gasteiger partial charge in [-0.3, -0.25) is 4.79 Å². The summed E-state index contributed by atoms with van der Waals surface area (Å²) in [6, 6.07) is 10.0. The molecule has 0 aliphatic carbocycles. The average molecular weight is 356 g/mol. The van der Waals surface area contributed by atoms with Gasteiger partial charge in [0.25, 0.3) is 0 Å². The van der Waals surface area contributed by atoms with Crippen LogP contribution >= 0.6 is 23.7 Å². The van der Waals surface area contributed by atoms with Gasteiger partial charge >= 0.3 is 0 Å². The van der Waals surface area contributed by atoms with E-state index in [-0.39, 0.29) is 30.8 Å². The molecule has 0 radical (unpaired) electrons. The van der Waals surface area contributed by atoms with Gasteiger partial charge in [-0.25, -0.2) is 4.98 Å². The topological polar surface area (TPSA) is 77.2 Å². The SMILES string of the molecule is COC(CN)CC(=O)NCc1sc(-c2ccccc2)nc1C.Cl. The number of aryl methyl sites for hydroxylation is 1. The number of thiazole rings is 1. The molecule has 0 aliphatic heterocycles. The van der Waals surface area contributed by atoms with Crippen LogP contribution in [0.25, 0.3) is 10.6 Å². The number of hydrogen-bond acceptors (Lipinski definition) is 5. The van der Waals surface area contributed by atoms with E-state index in [1.54, 1.807) is 18.4 Å². The van der Waals surface area contributed by atoms with Crippen LogP contribution in [0.3, 0.4) is 0 Å². The maximum absolute atomic E-state index is 11.9. The van der Waals surface area contributed by atoms with E-state index in [1.165, 1.54) is 0 Å². The minimum absolute atomic E-state index is 0. The number of nitrogens with one attached hydrogen (secondary N) is 1. The molecule has 3 N–H and O–H groups in total. The van der Waals surface area contributed by atoms with Gasteiger partial charge in [0.05, 0.1) is 24.8 Å². The first-order valence-electron chi connectivity index (χ1n) is 7.15. The van der Waals surface area contributed by atoms with Gasteiger partial charge in [0.1, 0.15) is 5.01 Å². The number of halogens is 1. The zero-order valence-electron chi connectivity index (χ0n) is 13.2. The zero-order valence-corrected chi connectivity index (χ0v) is 14.9. The predicted molar refractivity (Wildman–Crippen MR) is 95.9 cm³/mol. The average Bonchev–Trinajstić information content (AvgIpc) is 2.92. The lowest BCUT2D eigenvalue weighted by Gasteiger charge is -2.12. The van der Waals surface area contributed by atoms with Crippen molar-refractivity contribution >= 4 is 29.7 Å². The van der Waals surface area contributed by atoms with Gasteiger partial charge in [-0.15, -0.1) is 23.7 Å². The Kier molecular flexibility index (Phi) is 8.19. The van der Waals surface area contributed by atoms with Crippen molar-refractivity contribution in [2.45, 2.75) is 26.0 Å². The lowest BCUT2D eigenvalue weighted by molar-refractivity contribution is -0.123. The first-order chi connectivity index (χ1) is 10.6. The molecular formula is C16H22ClN3O2S. The normalized spacial score (nSPS) is 11.6. The summed E-state index contributed by atoms with van der Waals surface area (Å²) in [6.45, 7) is 2.78. The maximum Gasteiger partial charge on any atom is 0.222 e. The van der Waals surface area contributed by atoms with Gasteiger partial charge in [0, 0.05) is 24.1 Å². The second-order valence-corrected chi connectivity index (χ2v) is 6.05. The van der Waals surface area contributed by atoms with Crippen LogP contribution in [-0.4, -0.2) is 30.6 Å². The molecule has 0 bridgehead atoms. The molecule has 0 saturated carbocycles. The van der Waals surface area contributed by atoms with Crippen LogP contribution in [0.2, 0.25) is 0 Å². The minimum Gasteiger partial charge on any atom is -0.380 e. The second-order valence-electron chi connectivity index (χ2n) is 4.97. The number of benzene rings is 1. The summed E-state index contributed by atoms with van der Waals surface area (Å²) < 4.78 is 5.11. The van der Waals surface area contributed by atoms with Crippen molar-refractivity contribution in [2.75, 3.05) is 13.7 Å². The van der Waals surface area contributed by atoms with Crippen LogP contribution in [0.5, 0.6) is 0 Å². The van der Waals surface area contributed by atoms with Crippen molar-refractivity contribution in [3.63, 3.8) is 0 Å². The molecule has 0 fully saturated rings. The molecular weight excluding hydrogens is 334 g/mol. The van der Waals surface area contributed by atoms with Crippen LogP contribution in [0.1, 0.15) is 17.0 Å². The lowest BCUT2D eigenvalue weighted by Crippen LogP contribution is -2.31. The fourth-order valence-corrected chi connectivity index (χ4v) is 3.02. The number of methoxy groups -OCH3 is 1. The van der Waals surface area contributed by atoms with Crippen molar-refractivity contribution in [2.24, 2.45) is 5.73 Å². The number of carbonyl (C=O) groups is 1. The molecule has 0 saturated heterocycles. The van der Waals surface area contributed by atoms with E-state index in [0.717, 1.165) is 21.1 Å². The number of nitrogens with zero attached hydrogens (tertiary/aromatic N) is 1. The van der Waals surface area contributed by atoms with Gasteiger partial charge in [-0.2, -0.15) is 0 Å². The van der Waals surface area contributed by atoms with E-state index in [0.29, 0.717) is 13.1 Å². The number of amides is 1. The molecule has 1 unspecified atom stereocenters. The number of carbonyl (C=O) groups excluding carboxylic acids is 1. The monoisotopic (exact) mass is 355 g/mol. The highest BCUT2D eigenvalue weighted by molar-refractivity contribution is 7.15. The molecule has 7 heteroatoms. The predicted octanol–water partition coefficient (Wildman–Crippen LogP) is 2.52. The third-order valence-electron chi connectivity index (χ3n) is 3.37. The van der Waals surface area contributed by atoms with Gasteiger partial charge in [0.2, 0.25) is 5.91 Å². The number of ether oxygens (including phenoxy) is 1.